The van der Waals surface area contributed by atoms with Crippen molar-refractivity contribution in [3.8, 4) is 5.75 Å². The number of rotatable bonds is 5. The van der Waals surface area contributed by atoms with Gasteiger partial charge in [-0.1, -0.05) is 0 Å². The maximum Gasteiger partial charge on any atom is 0.269 e. The van der Waals surface area contributed by atoms with E-state index in [1.165, 1.54) is 0 Å². The third-order valence-electron chi connectivity index (χ3n) is 2.70. The van der Waals surface area contributed by atoms with E-state index in [9.17, 15) is 4.79 Å². The number of nitrogens with zero attached hydrogens (tertiary/aromatic N) is 2. The normalized spacial score (nSPS) is 10.0. The summed E-state index contributed by atoms with van der Waals surface area (Å²) >= 11 is 0. The molecule has 2 aromatic rings. The van der Waals surface area contributed by atoms with Crippen LogP contribution in [0.2, 0.25) is 0 Å². The fourth-order valence-electron chi connectivity index (χ4n) is 1.84. The molecule has 0 aliphatic rings. The van der Waals surface area contributed by atoms with Gasteiger partial charge in [0, 0.05) is 17.0 Å². The smallest absolute Gasteiger partial charge is 0.269 e. The predicted molar refractivity (Wildman–Crippen MR) is 80.2 cm³/mol. The molecule has 2 N–H and O–H groups in total. The Hall–Kier alpha value is -2.63. The molecule has 0 radical (unpaired) electrons. The summed E-state index contributed by atoms with van der Waals surface area (Å²) in [7, 11) is 0. The number of ether oxygens (including phenoxy) is 1. The second kappa shape index (κ2) is 6.69. The first-order valence-electron chi connectivity index (χ1n) is 6.70. The molecule has 0 spiro atoms. The van der Waals surface area contributed by atoms with Crippen molar-refractivity contribution in [2.24, 2.45) is 0 Å². The molecule has 0 unspecified atom stereocenters. The van der Waals surface area contributed by atoms with Crippen LogP contribution in [0.1, 0.15) is 28.7 Å². The van der Waals surface area contributed by atoms with E-state index in [-0.39, 0.29) is 5.91 Å². The van der Waals surface area contributed by atoms with Crippen LogP contribution in [0.25, 0.3) is 0 Å². The van der Waals surface area contributed by atoms with E-state index >= 15 is 0 Å². The largest absolute Gasteiger partial charge is 0.494 e. The van der Waals surface area contributed by atoms with E-state index < -0.39 is 0 Å². The molecule has 110 valence electrons. The van der Waals surface area contributed by atoms with E-state index in [4.69, 9.17) is 4.74 Å². The molecular weight excluding hydrogens is 268 g/mol. The van der Waals surface area contributed by atoms with Crippen molar-refractivity contribution < 1.29 is 9.53 Å². The molecule has 1 heterocycles. The Bertz CT molecular complexity index is 606. The van der Waals surface area contributed by atoms with Gasteiger partial charge in [0.1, 0.15) is 5.75 Å². The number of aromatic nitrogens is 2. The van der Waals surface area contributed by atoms with Crippen molar-refractivity contribution >= 4 is 11.9 Å². The topological polar surface area (TPSA) is 76.1 Å². The van der Waals surface area contributed by atoms with E-state index in [2.05, 4.69) is 20.8 Å². The molecule has 6 nitrogen and oxygen atoms in total. The molecule has 0 saturated carbocycles. The Morgan fingerprint density at radius 2 is 1.76 bits per heavy atom. The highest BCUT2D eigenvalue weighted by Crippen LogP contribution is 2.12. The van der Waals surface area contributed by atoms with Crippen LogP contribution in [0.4, 0.5) is 5.95 Å². The van der Waals surface area contributed by atoms with E-state index in [0.717, 1.165) is 17.1 Å². The first-order valence-corrected chi connectivity index (χ1v) is 6.70. The molecule has 0 bridgehead atoms. The van der Waals surface area contributed by atoms with Crippen LogP contribution in [0.15, 0.2) is 30.3 Å². The van der Waals surface area contributed by atoms with Gasteiger partial charge in [-0.15, -0.1) is 0 Å². The molecule has 21 heavy (non-hydrogen) atoms. The van der Waals surface area contributed by atoms with Crippen molar-refractivity contribution in [3.63, 3.8) is 0 Å². The first kappa shape index (κ1) is 14.8. The minimum atomic E-state index is -0.263. The SMILES string of the molecule is CCOc1ccc(C(=O)NNc2nc(C)cc(C)n2)cc1. The van der Waals surface area contributed by atoms with Gasteiger partial charge in [-0.2, -0.15) is 0 Å². The van der Waals surface area contributed by atoms with Gasteiger partial charge in [0.2, 0.25) is 5.95 Å². The summed E-state index contributed by atoms with van der Waals surface area (Å²) in [4.78, 5) is 20.3. The highest BCUT2D eigenvalue weighted by molar-refractivity contribution is 5.94. The zero-order valence-corrected chi connectivity index (χ0v) is 12.3. The average molecular weight is 286 g/mol. The van der Waals surface area contributed by atoms with Crippen LogP contribution < -0.4 is 15.6 Å². The van der Waals surface area contributed by atoms with Gasteiger partial charge in [-0.3, -0.25) is 15.6 Å². The summed E-state index contributed by atoms with van der Waals surface area (Å²) in [5, 5.41) is 0. The van der Waals surface area contributed by atoms with E-state index in [1.807, 2.05) is 26.8 Å². The summed E-state index contributed by atoms with van der Waals surface area (Å²) in [5.74, 6) is 0.840. The zero-order chi connectivity index (χ0) is 15.2. The van der Waals surface area contributed by atoms with Crippen molar-refractivity contribution in [1.29, 1.82) is 0 Å². The number of hydrogen-bond donors (Lipinski definition) is 2. The molecule has 6 heteroatoms. The lowest BCUT2D eigenvalue weighted by molar-refractivity contribution is 0.0962. The molecule has 0 aliphatic heterocycles. The molecule has 1 aromatic heterocycles. The highest BCUT2D eigenvalue weighted by Gasteiger charge is 2.06. The number of aryl methyl sites for hydroxylation is 2. The molecule has 0 fully saturated rings. The maximum atomic E-state index is 12.0. The van der Waals surface area contributed by atoms with E-state index in [0.29, 0.717) is 18.1 Å². The summed E-state index contributed by atoms with van der Waals surface area (Å²) in [6.45, 7) is 6.24. The second-order valence-electron chi connectivity index (χ2n) is 4.51. The lowest BCUT2D eigenvalue weighted by atomic mass is 10.2. The Labute approximate surface area is 123 Å². The molecule has 0 atom stereocenters. The fourth-order valence-corrected chi connectivity index (χ4v) is 1.84. The molecule has 2 rings (SSSR count). The fraction of sp³-hybridized carbons (Fsp3) is 0.267. The summed E-state index contributed by atoms with van der Waals surface area (Å²) in [6.07, 6.45) is 0. The van der Waals surface area contributed by atoms with Crippen LogP contribution >= 0.6 is 0 Å². The van der Waals surface area contributed by atoms with Crippen LogP contribution in [-0.4, -0.2) is 22.5 Å². The monoisotopic (exact) mass is 286 g/mol. The number of hydrazine groups is 1. The zero-order valence-electron chi connectivity index (χ0n) is 12.3. The van der Waals surface area contributed by atoms with Gasteiger partial charge in [0.15, 0.2) is 0 Å². The van der Waals surface area contributed by atoms with Crippen molar-refractivity contribution in [2.45, 2.75) is 20.8 Å². The van der Waals surface area contributed by atoms with Crippen molar-refractivity contribution in [1.82, 2.24) is 15.4 Å². The van der Waals surface area contributed by atoms with Gasteiger partial charge in [-0.25, -0.2) is 9.97 Å². The molecule has 1 aromatic carbocycles. The number of carbonyl (C=O) groups is 1. The van der Waals surface area contributed by atoms with E-state index in [1.54, 1.807) is 24.3 Å². The Morgan fingerprint density at radius 3 is 2.33 bits per heavy atom. The Morgan fingerprint density at radius 1 is 1.14 bits per heavy atom. The van der Waals surface area contributed by atoms with Crippen molar-refractivity contribution in [2.75, 3.05) is 12.0 Å². The van der Waals surface area contributed by atoms with Crippen LogP contribution in [0.5, 0.6) is 5.75 Å². The van der Waals surface area contributed by atoms with Gasteiger partial charge >= 0.3 is 0 Å². The van der Waals surface area contributed by atoms with Crippen molar-refractivity contribution in [3.05, 3.63) is 47.3 Å². The third kappa shape index (κ3) is 4.17. The third-order valence-corrected chi connectivity index (χ3v) is 2.70. The number of carbonyl (C=O) groups excluding carboxylic acids is 1. The second-order valence-corrected chi connectivity index (χ2v) is 4.51. The minimum absolute atomic E-state index is 0.263. The predicted octanol–water partition coefficient (Wildman–Crippen LogP) is 2.25. The molecular formula is C15H18N4O2. The molecule has 1 amide bonds. The molecule has 0 aliphatic carbocycles. The maximum absolute atomic E-state index is 12.0. The summed E-state index contributed by atoms with van der Waals surface area (Å²) in [6, 6.07) is 8.77. The summed E-state index contributed by atoms with van der Waals surface area (Å²) in [5.41, 5.74) is 7.47. The number of amides is 1. The summed E-state index contributed by atoms with van der Waals surface area (Å²) < 4.78 is 5.33. The lowest BCUT2D eigenvalue weighted by Crippen LogP contribution is -2.30. The number of hydrogen-bond acceptors (Lipinski definition) is 5. The van der Waals surface area contributed by atoms with Gasteiger partial charge in [0.25, 0.3) is 5.91 Å². The Balaban J connectivity index is 1.97. The quantitative estimate of drug-likeness (QED) is 0.824. The lowest BCUT2D eigenvalue weighted by Gasteiger charge is -2.09. The van der Waals surface area contributed by atoms with Crippen LogP contribution in [0, 0.1) is 13.8 Å². The van der Waals surface area contributed by atoms with Gasteiger partial charge < -0.3 is 4.74 Å². The van der Waals surface area contributed by atoms with Gasteiger partial charge in [0.05, 0.1) is 6.61 Å². The number of benzene rings is 1. The minimum Gasteiger partial charge on any atom is -0.494 e. The first-order chi connectivity index (χ1) is 10.1. The Kier molecular flexibility index (Phi) is 4.71. The average Bonchev–Trinajstić information content (AvgIpc) is 2.45. The highest BCUT2D eigenvalue weighted by atomic mass is 16.5. The standard InChI is InChI=1S/C15H18N4O2/c1-4-21-13-7-5-12(6-8-13)14(20)18-19-15-16-10(2)9-11(3)17-15/h5-9H,4H2,1-3H3,(H,18,20)(H,16,17,19). The van der Waals surface area contributed by atoms with Gasteiger partial charge in [-0.05, 0) is 51.1 Å². The number of anilines is 1. The number of nitrogens with one attached hydrogen (secondary N) is 2. The van der Waals surface area contributed by atoms with Crippen LogP contribution in [0.3, 0.4) is 0 Å². The molecule has 0 saturated heterocycles. The van der Waals surface area contributed by atoms with Crippen LogP contribution in [-0.2, 0) is 0 Å².